The molecule has 3 amide bonds. The Morgan fingerprint density at radius 3 is 2.32 bits per heavy atom. The first-order chi connectivity index (χ1) is 17.5. The van der Waals surface area contributed by atoms with Crippen LogP contribution in [-0.2, 0) is 19.3 Å². The number of halogens is 2. The van der Waals surface area contributed by atoms with Gasteiger partial charge in [0.1, 0.15) is 27.7 Å². The van der Waals surface area contributed by atoms with Crippen LogP contribution in [0.5, 0.6) is 0 Å². The number of hydrazone groups is 1. The van der Waals surface area contributed by atoms with Crippen molar-refractivity contribution in [3.05, 3.63) is 71.3 Å². The Hall–Kier alpha value is -3.35. The van der Waals surface area contributed by atoms with Gasteiger partial charge in [0.25, 0.3) is 5.91 Å². The molecule has 1 aliphatic heterocycles. The molecule has 3 rings (SSSR count). The minimum atomic E-state index is -1.40. The number of nitrogens with zero attached hydrogens (tertiary/aromatic N) is 2. The van der Waals surface area contributed by atoms with Gasteiger partial charge in [-0.05, 0) is 50.1 Å². The summed E-state index contributed by atoms with van der Waals surface area (Å²) >= 11 is 1.09. The number of thioether (sulfide) groups is 1. The highest BCUT2D eigenvalue weighted by atomic mass is 32.2. The van der Waals surface area contributed by atoms with Crippen molar-refractivity contribution in [1.29, 1.82) is 0 Å². The molecule has 0 saturated heterocycles. The van der Waals surface area contributed by atoms with Gasteiger partial charge in [-0.1, -0.05) is 42.1 Å². The van der Waals surface area contributed by atoms with Gasteiger partial charge in [-0.2, -0.15) is 5.10 Å². The molecule has 0 aromatic heterocycles. The standard InChI is InChI=1S/C25H29F2N5O4S/c1-15(33)23(36)32-25(18-8-5-4-6-9-18,12-7-13-28-24(29-16(2)34)30-17(3)35)37-22(31-32)20-14-19(26)10-11-21(20)27/h4-6,8-11,14-15,24,28,33H,7,12-13H2,1-3H3,(H,29,34)(H,30,35)/t15-,25?/m0/s1. The lowest BCUT2D eigenvalue weighted by atomic mass is 9.99. The average molecular weight is 534 g/mol. The van der Waals surface area contributed by atoms with Gasteiger partial charge in [-0.15, -0.1) is 0 Å². The predicted octanol–water partition coefficient (Wildman–Crippen LogP) is 2.36. The monoisotopic (exact) mass is 533 g/mol. The second-order valence-electron chi connectivity index (χ2n) is 8.50. The Labute approximate surface area is 217 Å². The van der Waals surface area contributed by atoms with E-state index in [1.54, 1.807) is 30.3 Å². The minimum Gasteiger partial charge on any atom is -0.383 e. The molecule has 0 aliphatic carbocycles. The third-order valence-electron chi connectivity index (χ3n) is 5.48. The minimum absolute atomic E-state index is 0.0946. The molecular formula is C25H29F2N5O4S. The van der Waals surface area contributed by atoms with Crippen molar-refractivity contribution >= 4 is 34.5 Å². The van der Waals surface area contributed by atoms with Gasteiger partial charge in [-0.3, -0.25) is 19.7 Å². The molecule has 2 aromatic rings. The molecule has 4 N–H and O–H groups in total. The summed E-state index contributed by atoms with van der Waals surface area (Å²) in [5, 5.41) is 23.9. The molecule has 1 heterocycles. The van der Waals surface area contributed by atoms with E-state index in [-0.39, 0.29) is 28.8 Å². The van der Waals surface area contributed by atoms with Crippen LogP contribution in [0.1, 0.15) is 44.7 Å². The van der Waals surface area contributed by atoms with Crippen LogP contribution < -0.4 is 16.0 Å². The van der Waals surface area contributed by atoms with Gasteiger partial charge >= 0.3 is 0 Å². The number of amides is 3. The van der Waals surface area contributed by atoms with Gasteiger partial charge in [0.15, 0.2) is 6.29 Å². The van der Waals surface area contributed by atoms with Crippen LogP contribution in [0.25, 0.3) is 0 Å². The van der Waals surface area contributed by atoms with Crippen LogP contribution in [0, 0.1) is 11.6 Å². The maximum atomic E-state index is 14.7. The summed E-state index contributed by atoms with van der Waals surface area (Å²) in [6.07, 6.45) is -1.51. The average Bonchev–Trinajstić information content (AvgIpc) is 3.23. The predicted molar refractivity (Wildman–Crippen MR) is 136 cm³/mol. The zero-order valence-electron chi connectivity index (χ0n) is 20.6. The quantitative estimate of drug-likeness (QED) is 0.275. The largest absolute Gasteiger partial charge is 0.383 e. The Morgan fingerprint density at radius 2 is 1.73 bits per heavy atom. The summed E-state index contributed by atoms with van der Waals surface area (Å²) in [7, 11) is 0. The number of rotatable bonds is 10. The summed E-state index contributed by atoms with van der Waals surface area (Å²) in [6.45, 7) is 4.26. The third-order valence-corrected chi connectivity index (χ3v) is 6.93. The van der Waals surface area contributed by atoms with Gasteiger partial charge < -0.3 is 15.7 Å². The molecule has 0 saturated carbocycles. The molecule has 2 aromatic carbocycles. The fraction of sp³-hybridized carbons (Fsp3) is 0.360. The van der Waals surface area contributed by atoms with E-state index in [0.717, 1.165) is 35.0 Å². The molecular weight excluding hydrogens is 504 g/mol. The Balaban J connectivity index is 1.94. The summed E-state index contributed by atoms with van der Waals surface area (Å²) in [5.74, 6) is -2.75. The summed E-state index contributed by atoms with van der Waals surface area (Å²) in [5.41, 5.74) is 0.575. The van der Waals surface area contributed by atoms with Crippen LogP contribution in [0.15, 0.2) is 53.6 Å². The Bertz CT molecular complexity index is 1160. The summed E-state index contributed by atoms with van der Waals surface area (Å²) < 4.78 is 28.7. The lowest BCUT2D eigenvalue weighted by molar-refractivity contribution is -0.143. The normalized spacial score (nSPS) is 17.9. The van der Waals surface area contributed by atoms with Crippen LogP contribution in [-0.4, -0.2) is 51.8 Å². The first-order valence-corrected chi connectivity index (χ1v) is 12.4. The van der Waals surface area contributed by atoms with Crippen LogP contribution >= 0.6 is 11.8 Å². The summed E-state index contributed by atoms with van der Waals surface area (Å²) in [4.78, 5) is 34.9. The van der Waals surface area contributed by atoms with Crippen molar-refractivity contribution in [3.63, 3.8) is 0 Å². The van der Waals surface area contributed by atoms with E-state index < -0.39 is 34.8 Å². The van der Waals surface area contributed by atoms with Crippen molar-refractivity contribution in [2.45, 2.75) is 50.9 Å². The molecule has 0 spiro atoms. The SMILES string of the molecule is CC(=O)NC(NCCCC1(c2ccccc2)SC(c2cc(F)ccc2F)=NN1C(=O)[C@H](C)O)NC(C)=O. The number of nitrogens with one attached hydrogen (secondary N) is 3. The molecule has 12 heteroatoms. The zero-order chi connectivity index (χ0) is 27.2. The number of hydrogen-bond acceptors (Lipinski definition) is 7. The number of hydrogen-bond donors (Lipinski definition) is 4. The van der Waals surface area contributed by atoms with E-state index in [1.807, 2.05) is 0 Å². The number of carbonyl (C=O) groups excluding carboxylic acids is 3. The maximum Gasteiger partial charge on any atom is 0.272 e. The van der Waals surface area contributed by atoms with E-state index >= 15 is 0 Å². The van der Waals surface area contributed by atoms with E-state index in [2.05, 4.69) is 21.1 Å². The van der Waals surface area contributed by atoms with Gasteiger partial charge in [-0.25, -0.2) is 13.8 Å². The molecule has 1 aliphatic rings. The van der Waals surface area contributed by atoms with Crippen molar-refractivity contribution in [2.75, 3.05) is 6.54 Å². The molecule has 37 heavy (non-hydrogen) atoms. The summed E-state index contributed by atoms with van der Waals surface area (Å²) in [6, 6.07) is 12.0. The van der Waals surface area contributed by atoms with Crippen molar-refractivity contribution in [1.82, 2.24) is 21.0 Å². The van der Waals surface area contributed by atoms with E-state index in [1.165, 1.54) is 20.8 Å². The van der Waals surface area contributed by atoms with Crippen molar-refractivity contribution in [2.24, 2.45) is 5.10 Å². The molecule has 0 bridgehead atoms. The first-order valence-electron chi connectivity index (χ1n) is 11.6. The molecule has 0 fully saturated rings. The van der Waals surface area contributed by atoms with E-state index in [9.17, 15) is 28.3 Å². The van der Waals surface area contributed by atoms with Crippen molar-refractivity contribution < 1.29 is 28.3 Å². The van der Waals surface area contributed by atoms with E-state index in [4.69, 9.17) is 0 Å². The number of carbonyl (C=O) groups is 3. The molecule has 1 unspecified atom stereocenters. The zero-order valence-corrected chi connectivity index (χ0v) is 21.4. The highest BCUT2D eigenvalue weighted by Crippen LogP contribution is 2.50. The van der Waals surface area contributed by atoms with E-state index in [0.29, 0.717) is 18.5 Å². The number of aliphatic hydroxyl groups excluding tert-OH is 1. The second kappa shape index (κ2) is 12.3. The highest BCUT2D eigenvalue weighted by Gasteiger charge is 2.49. The Kier molecular flexibility index (Phi) is 9.35. The third kappa shape index (κ3) is 6.90. The fourth-order valence-corrected chi connectivity index (χ4v) is 5.30. The van der Waals surface area contributed by atoms with Crippen molar-refractivity contribution in [3.8, 4) is 0 Å². The number of aliphatic hydroxyl groups is 1. The lowest BCUT2D eigenvalue weighted by Gasteiger charge is -2.36. The Morgan fingerprint density at radius 1 is 1.08 bits per heavy atom. The molecule has 9 nitrogen and oxygen atoms in total. The molecule has 0 radical (unpaired) electrons. The highest BCUT2D eigenvalue weighted by molar-refractivity contribution is 8.15. The first kappa shape index (κ1) is 28.2. The van der Waals surface area contributed by atoms with Gasteiger partial charge in [0, 0.05) is 19.4 Å². The van der Waals surface area contributed by atoms with Gasteiger partial charge in [0.05, 0.1) is 0 Å². The fourth-order valence-electron chi connectivity index (χ4n) is 3.87. The second-order valence-corrected chi connectivity index (χ2v) is 9.77. The maximum absolute atomic E-state index is 14.7. The van der Waals surface area contributed by atoms with Gasteiger partial charge in [0.2, 0.25) is 11.8 Å². The lowest BCUT2D eigenvalue weighted by Crippen LogP contribution is -2.56. The number of benzene rings is 2. The topological polar surface area (TPSA) is 123 Å². The van der Waals surface area contributed by atoms with Crippen LogP contribution in [0.3, 0.4) is 0 Å². The van der Waals surface area contributed by atoms with Crippen LogP contribution in [0.4, 0.5) is 8.78 Å². The molecule has 2 atom stereocenters. The van der Waals surface area contributed by atoms with Crippen LogP contribution in [0.2, 0.25) is 0 Å². The smallest absolute Gasteiger partial charge is 0.272 e. The molecule has 198 valence electrons.